The third kappa shape index (κ3) is 2.93. The smallest absolute Gasteiger partial charge is 0.330 e. The van der Waals surface area contributed by atoms with Crippen LogP contribution in [0.3, 0.4) is 0 Å². The maximum Gasteiger partial charge on any atom is 0.330 e. The molecule has 0 spiro atoms. The highest BCUT2D eigenvalue weighted by molar-refractivity contribution is 7.88. The molecule has 1 fully saturated rings. The summed E-state index contributed by atoms with van der Waals surface area (Å²) in [6.45, 7) is 0.645. The number of aromatic nitrogens is 2. The number of nitrogens with zero attached hydrogens (tertiary/aromatic N) is 2. The van der Waals surface area contributed by atoms with Crippen LogP contribution in [0.2, 0.25) is 0 Å². The fourth-order valence-electron chi connectivity index (χ4n) is 2.42. The van der Waals surface area contributed by atoms with Gasteiger partial charge in [0.15, 0.2) is 0 Å². The number of sulfonamides is 1. The van der Waals surface area contributed by atoms with Crippen LogP contribution in [0.5, 0.6) is 0 Å². The van der Waals surface area contributed by atoms with Gasteiger partial charge < -0.3 is 5.32 Å². The molecule has 9 heteroatoms. The quantitative estimate of drug-likeness (QED) is 0.759. The Morgan fingerprint density at radius 2 is 1.90 bits per heavy atom. The van der Waals surface area contributed by atoms with Crippen LogP contribution in [0, 0.1) is 0 Å². The zero-order valence-corrected chi connectivity index (χ0v) is 12.2. The maximum atomic E-state index is 12.0. The first-order valence-corrected chi connectivity index (χ1v) is 8.16. The van der Waals surface area contributed by atoms with E-state index >= 15 is 0 Å². The molecule has 0 aromatic carbocycles. The molecule has 112 valence electrons. The number of rotatable bonds is 3. The molecule has 2 N–H and O–H groups in total. The standard InChI is InChI=1S/C11H18N4O4S/c1-12-9-7-10(16)15(11(17)13-9)8-3-5-14(6-4-8)20(2,18)19/h7-8,12H,3-6H2,1-2H3,(H,13,17). The van der Waals surface area contributed by atoms with E-state index in [2.05, 4.69) is 10.3 Å². The molecule has 1 aliphatic rings. The summed E-state index contributed by atoms with van der Waals surface area (Å²) in [5.74, 6) is 0.366. The Bertz CT molecular complexity index is 667. The highest BCUT2D eigenvalue weighted by atomic mass is 32.2. The van der Waals surface area contributed by atoms with Crippen molar-refractivity contribution >= 4 is 15.8 Å². The second-order valence-electron chi connectivity index (χ2n) is 4.84. The molecule has 1 aromatic heterocycles. The molecule has 8 nitrogen and oxygen atoms in total. The van der Waals surface area contributed by atoms with Crippen LogP contribution in [0.25, 0.3) is 0 Å². The van der Waals surface area contributed by atoms with E-state index in [0.717, 1.165) is 6.26 Å². The van der Waals surface area contributed by atoms with E-state index < -0.39 is 15.7 Å². The Morgan fingerprint density at radius 3 is 2.35 bits per heavy atom. The van der Waals surface area contributed by atoms with Gasteiger partial charge in [-0.3, -0.25) is 14.3 Å². The predicted octanol–water partition coefficient (Wildman–Crippen LogP) is -0.825. The van der Waals surface area contributed by atoms with Gasteiger partial charge >= 0.3 is 5.69 Å². The minimum Gasteiger partial charge on any atom is -0.374 e. The van der Waals surface area contributed by atoms with Gasteiger partial charge in [-0.05, 0) is 12.8 Å². The van der Waals surface area contributed by atoms with E-state index in [-0.39, 0.29) is 11.6 Å². The average molecular weight is 302 g/mol. The van der Waals surface area contributed by atoms with Gasteiger partial charge in [-0.1, -0.05) is 0 Å². The normalized spacial score (nSPS) is 18.1. The fourth-order valence-corrected chi connectivity index (χ4v) is 3.29. The van der Waals surface area contributed by atoms with E-state index in [0.29, 0.717) is 31.7 Å². The van der Waals surface area contributed by atoms with Crippen LogP contribution in [0.1, 0.15) is 18.9 Å². The van der Waals surface area contributed by atoms with Crippen molar-refractivity contribution in [2.45, 2.75) is 18.9 Å². The van der Waals surface area contributed by atoms with Gasteiger partial charge in [0, 0.05) is 32.2 Å². The van der Waals surface area contributed by atoms with Gasteiger partial charge in [-0.2, -0.15) is 0 Å². The first-order chi connectivity index (χ1) is 9.32. The van der Waals surface area contributed by atoms with Crippen molar-refractivity contribution in [2.75, 3.05) is 31.7 Å². The van der Waals surface area contributed by atoms with Crippen molar-refractivity contribution in [3.8, 4) is 0 Å². The lowest BCUT2D eigenvalue weighted by molar-refractivity contribution is 0.266. The molecule has 1 saturated heterocycles. The molecule has 0 radical (unpaired) electrons. The predicted molar refractivity (Wildman–Crippen MR) is 75.6 cm³/mol. The molecule has 0 atom stereocenters. The molecule has 1 aromatic rings. The van der Waals surface area contributed by atoms with Crippen LogP contribution < -0.4 is 16.6 Å². The maximum absolute atomic E-state index is 12.0. The Labute approximate surface area is 116 Å². The Kier molecular flexibility index (Phi) is 4.00. The van der Waals surface area contributed by atoms with Gasteiger partial charge in [0.2, 0.25) is 10.0 Å². The summed E-state index contributed by atoms with van der Waals surface area (Å²) in [6.07, 6.45) is 2.07. The van der Waals surface area contributed by atoms with Crippen molar-refractivity contribution in [2.24, 2.45) is 0 Å². The first kappa shape index (κ1) is 14.8. The number of hydrogen-bond donors (Lipinski definition) is 2. The van der Waals surface area contributed by atoms with E-state index in [9.17, 15) is 18.0 Å². The lowest BCUT2D eigenvalue weighted by atomic mass is 10.1. The minimum atomic E-state index is -3.21. The monoisotopic (exact) mass is 302 g/mol. The van der Waals surface area contributed by atoms with Gasteiger partial charge in [0.1, 0.15) is 5.82 Å². The number of piperidine rings is 1. The SMILES string of the molecule is CNc1cc(=O)n(C2CCN(S(C)(=O)=O)CC2)c(=O)[nH]1. The van der Waals surface area contributed by atoms with Crippen LogP contribution in [0.4, 0.5) is 5.82 Å². The summed E-state index contributed by atoms with van der Waals surface area (Å²) in [6, 6.07) is 1.06. The van der Waals surface area contributed by atoms with Crippen LogP contribution in [-0.2, 0) is 10.0 Å². The zero-order chi connectivity index (χ0) is 14.9. The summed E-state index contributed by atoms with van der Waals surface area (Å²) in [4.78, 5) is 26.5. The van der Waals surface area contributed by atoms with Crippen molar-refractivity contribution in [3.05, 3.63) is 26.9 Å². The van der Waals surface area contributed by atoms with Gasteiger partial charge in [-0.25, -0.2) is 17.5 Å². The number of aromatic amines is 1. The van der Waals surface area contributed by atoms with Crippen molar-refractivity contribution in [1.82, 2.24) is 13.9 Å². The second-order valence-corrected chi connectivity index (χ2v) is 6.82. The van der Waals surface area contributed by atoms with Crippen LogP contribution in [0.15, 0.2) is 15.7 Å². The summed E-state index contributed by atoms with van der Waals surface area (Å²) < 4.78 is 25.4. The summed E-state index contributed by atoms with van der Waals surface area (Å²) in [7, 11) is -1.60. The third-order valence-electron chi connectivity index (χ3n) is 3.49. The highest BCUT2D eigenvalue weighted by Gasteiger charge is 2.27. The molecule has 0 unspecified atom stereocenters. The number of H-pyrrole nitrogens is 1. The lowest BCUT2D eigenvalue weighted by Gasteiger charge is -2.30. The summed E-state index contributed by atoms with van der Waals surface area (Å²) in [5.41, 5.74) is -0.851. The van der Waals surface area contributed by atoms with Crippen molar-refractivity contribution in [3.63, 3.8) is 0 Å². The minimum absolute atomic E-state index is 0.268. The largest absolute Gasteiger partial charge is 0.374 e. The molecule has 1 aliphatic heterocycles. The Balaban J connectivity index is 2.24. The summed E-state index contributed by atoms with van der Waals surface area (Å²) >= 11 is 0. The zero-order valence-electron chi connectivity index (χ0n) is 11.4. The average Bonchev–Trinajstić information content (AvgIpc) is 2.37. The fraction of sp³-hybridized carbons (Fsp3) is 0.636. The highest BCUT2D eigenvalue weighted by Crippen LogP contribution is 2.21. The summed E-state index contributed by atoms with van der Waals surface area (Å²) in [5, 5.41) is 2.71. The molecule has 2 rings (SSSR count). The van der Waals surface area contributed by atoms with Crippen molar-refractivity contribution in [1.29, 1.82) is 0 Å². The molecule has 2 heterocycles. The van der Waals surface area contributed by atoms with Crippen molar-refractivity contribution < 1.29 is 8.42 Å². The second kappa shape index (κ2) is 5.41. The third-order valence-corrected chi connectivity index (χ3v) is 4.80. The molecular weight excluding hydrogens is 284 g/mol. The number of anilines is 1. The number of nitrogens with one attached hydrogen (secondary N) is 2. The van der Waals surface area contributed by atoms with Crippen LogP contribution in [-0.4, -0.2) is 48.7 Å². The van der Waals surface area contributed by atoms with E-state index in [1.54, 1.807) is 7.05 Å². The molecule has 0 saturated carbocycles. The van der Waals surface area contributed by atoms with Gasteiger partial charge in [-0.15, -0.1) is 0 Å². The lowest BCUT2D eigenvalue weighted by Crippen LogP contribution is -2.44. The molecule has 0 amide bonds. The van der Waals surface area contributed by atoms with Gasteiger partial charge in [0.25, 0.3) is 5.56 Å². The first-order valence-electron chi connectivity index (χ1n) is 6.31. The van der Waals surface area contributed by atoms with E-state index in [1.165, 1.54) is 14.9 Å². The van der Waals surface area contributed by atoms with Gasteiger partial charge in [0.05, 0.1) is 6.26 Å². The van der Waals surface area contributed by atoms with E-state index in [1.807, 2.05) is 0 Å². The molecule has 0 bridgehead atoms. The Morgan fingerprint density at radius 1 is 1.30 bits per heavy atom. The molecule has 20 heavy (non-hydrogen) atoms. The Hall–Kier alpha value is -1.61. The van der Waals surface area contributed by atoms with E-state index in [4.69, 9.17) is 0 Å². The number of hydrogen-bond acceptors (Lipinski definition) is 5. The molecular formula is C11H18N4O4S. The topological polar surface area (TPSA) is 104 Å². The molecule has 0 aliphatic carbocycles. The van der Waals surface area contributed by atoms with Crippen LogP contribution >= 0.6 is 0 Å².